The highest BCUT2D eigenvalue weighted by molar-refractivity contribution is 7.90. The topological polar surface area (TPSA) is 118 Å². The third kappa shape index (κ3) is 5.45. The maximum Gasteiger partial charge on any atom is 0.237 e. The Labute approximate surface area is 99.7 Å². The van der Waals surface area contributed by atoms with Crippen molar-refractivity contribution < 1.29 is 13.2 Å². The highest BCUT2D eigenvalue weighted by Gasteiger charge is 2.15. The fourth-order valence-electron chi connectivity index (χ4n) is 1.17. The van der Waals surface area contributed by atoms with Crippen molar-refractivity contribution in [1.82, 2.24) is 15.5 Å². The van der Waals surface area contributed by atoms with Crippen LogP contribution in [-0.2, 0) is 21.2 Å². The molecular formula is C9H16N4O3S. The molecule has 0 aliphatic heterocycles. The van der Waals surface area contributed by atoms with Gasteiger partial charge in [-0.2, -0.15) is 5.10 Å². The van der Waals surface area contributed by atoms with E-state index in [1.54, 1.807) is 12.4 Å². The van der Waals surface area contributed by atoms with Crippen molar-refractivity contribution in [3.05, 3.63) is 18.0 Å². The van der Waals surface area contributed by atoms with Crippen LogP contribution in [0.5, 0.6) is 0 Å². The Morgan fingerprint density at radius 2 is 2.35 bits per heavy atom. The number of amides is 1. The first kappa shape index (κ1) is 13.7. The molecule has 17 heavy (non-hydrogen) atoms. The fraction of sp³-hybridized carbons (Fsp3) is 0.556. The van der Waals surface area contributed by atoms with Crippen LogP contribution in [0.25, 0.3) is 0 Å². The molecular weight excluding hydrogens is 244 g/mol. The first-order chi connectivity index (χ1) is 7.88. The molecule has 7 nitrogen and oxygen atoms in total. The molecule has 0 fully saturated rings. The molecule has 0 aromatic carbocycles. The van der Waals surface area contributed by atoms with Gasteiger partial charge in [-0.15, -0.1) is 0 Å². The van der Waals surface area contributed by atoms with Crippen molar-refractivity contribution in [3.8, 4) is 0 Å². The number of aromatic amines is 1. The minimum atomic E-state index is -3.09. The van der Waals surface area contributed by atoms with Gasteiger partial charge in [0.15, 0.2) is 0 Å². The van der Waals surface area contributed by atoms with Gasteiger partial charge in [0.25, 0.3) is 0 Å². The van der Waals surface area contributed by atoms with Crippen LogP contribution in [0.3, 0.4) is 0 Å². The van der Waals surface area contributed by atoms with Crippen LogP contribution < -0.4 is 11.1 Å². The van der Waals surface area contributed by atoms with Gasteiger partial charge in [-0.3, -0.25) is 9.89 Å². The molecule has 1 unspecified atom stereocenters. The summed E-state index contributed by atoms with van der Waals surface area (Å²) in [6.07, 6.45) is 4.48. The number of hydrogen-bond acceptors (Lipinski definition) is 5. The number of carbonyl (C=O) groups excluding carboxylic acids is 1. The number of nitrogens with two attached hydrogens (primary N) is 1. The largest absolute Gasteiger partial charge is 0.351 e. The molecule has 1 aromatic heterocycles. The number of rotatable bonds is 6. The zero-order chi connectivity index (χ0) is 12.9. The minimum absolute atomic E-state index is 0.0900. The predicted octanol–water partition coefficient (Wildman–Crippen LogP) is -1.21. The summed E-state index contributed by atoms with van der Waals surface area (Å²) in [7, 11) is -3.09. The molecule has 0 spiro atoms. The molecule has 0 bridgehead atoms. The van der Waals surface area contributed by atoms with Crippen LogP contribution in [-0.4, -0.2) is 42.6 Å². The highest BCUT2D eigenvalue weighted by Crippen LogP contribution is 1.96. The van der Waals surface area contributed by atoms with E-state index in [2.05, 4.69) is 15.5 Å². The van der Waals surface area contributed by atoms with Crippen LogP contribution in [0.1, 0.15) is 12.0 Å². The molecule has 1 atom stereocenters. The first-order valence-electron chi connectivity index (χ1n) is 5.07. The van der Waals surface area contributed by atoms with E-state index in [1.807, 2.05) is 0 Å². The minimum Gasteiger partial charge on any atom is -0.351 e. The summed E-state index contributed by atoms with van der Waals surface area (Å²) >= 11 is 0. The average Bonchev–Trinajstić information content (AvgIpc) is 2.74. The molecule has 0 radical (unpaired) electrons. The van der Waals surface area contributed by atoms with E-state index < -0.39 is 15.9 Å². The maximum absolute atomic E-state index is 11.5. The van der Waals surface area contributed by atoms with Crippen molar-refractivity contribution in [2.45, 2.75) is 19.0 Å². The Hall–Kier alpha value is -1.41. The van der Waals surface area contributed by atoms with Crippen LogP contribution >= 0.6 is 0 Å². The van der Waals surface area contributed by atoms with Crippen molar-refractivity contribution >= 4 is 15.7 Å². The van der Waals surface area contributed by atoms with Gasteiger partial charge in [0, 0.05) is 24.6 Å². The quantitative estimate of drug-likeness (QED) is 0.593. The number of sulfone groups is 1. The Kier molecular flexibility index (Phi) is 4.64. The molecule has 0 aliphatic carbocycles. The normalized spacial score (nSPS) is 13.3. The van der Waals surface area contributed by atoms with Gasteiger partial charge in [-0.05, 0) is 6.42 Å². The van der Waals surface area contributed by atoms with Gasteiger partial charge in [-0.25, -0.2) is 8.42 Å². The Morgan fingerprint density at radius 1 is 1.65 bits per heavy atom. The van der Waals surface area contributed by atoms with Gasteiger partial charge >= 0.3 is 0 Å². The van der Waals surface area contributed by atoms with E-state index in [9.17, 15) is 13.2 Å². The maximum atomic E-state index is 11.5. The summed E-state index contributed by atoms with van der Waals surface area (Å²) in [5, 5.41) is 8.94. The summed E-state index contributed by atoms with van der Waals surface area (Å²) in [5.74, 6) is -0.456. The summed E-state index contributed by atoms with van der Waals surface area (Å²) in [4.78, 5) is 11.5. The number of H-pyrrole nitrogens is 1. The number of nitrogens with one attached hydrogen (secondary N) is 2. The smallest absolute Gasteiger partial charge is 0.237 e. The summed E-state index contributed by atoms with van der Waals surface area (Å²) in [5.41, 5.74) is 6.39. The standard InChI is InChI=1S/C9H16N4O3S/c1-17(15,16)3-2-8(10)9(14)11-4-7-5-12-13-6-7/h5-6,8H,2-4,10H2,1H3,(H,11,14)(H,12,13). The molecule has 0 saturated carbocycles. The van der Waals surface area contributed by atoms with Crippen molar-refractivity contribution in [2.24, 2.45) is 5.73 Å². The Balaban J connectivity index is 2.32. The lowest BCUT2D eigenvalue weighted by Gasteiger charge is -2.10. The number of nitrogens with zero attached hydrogens (tertiary/aromatic N) is 1. The van der Waals surface area contributed by atoms with Crippen LogP contribution in [0, 0.1) is 0 Å². The van der Waals surface area contributed by atoms with Crippen molar-refractivity contribution in [3.63, 3.8) is 0 Å². The van der Waals surface area contributed by atoms with Crippen LogP contribution in [0.2, 0.25) is 0 Å². The average molecular weight is 260 g/mol. The van der Waals surface area contributed by atoms with Gasteiger partial charge in [0.05, 0.1) is 18.0 Å². The number of hydrogen-bond donors (Lipinski definition) is 3. The van der Waals surface area contributed by atoms with Gasteiger partial charge in [0.2, 0.25) is 5.91 Å². The van der Waals surface area contributed by atoms with Crippen molar-refractivity contribution in [1.29, 1.82) is 0 Å². The molecule has 8 heteroatoms. The van der Waals surface area contributed by atoms with Crippen LogP contribution in [0.15, 0.2) is 12.4 Å². The third-order valence-corrected chi connectivity index (χ3v) is 3.14. The molecule has 0 aliphatic rings. The van der Waals surface area contributed by atoms with Crippen molar-refractivity contribution in [2.75, 3.05) is 12.0 Å². The number of carbonyl (C=O) groups is 1. The molecule has 1 rings (SSSR count). The van der Waals surface area contributed by atoms with E-state index >= 15 is 0 Å². The van der Waals surface area contributed by atoms with E-state index in [4.69, 9.17) is 5.73 Å². The predicted molar refractivity (Wildman–Crippen MR) is 62.7 cm³/mol. The Morgan fingerprint density at radius 3 is 2.88 bits per heavy atom. The lowest BCUT2D eigenvalue weighted by molar-refractivity contribution is -0.122. The lowest BCUT2D eigenvalue weighted by Crippen LogP contribution is -2.41. The highest BCUT2D eigenvalue weighted by atomic mass is 32.2. The molecule has 0 saturated heterocycles. The first-order valence-corrected chi connectivity index (χ1v) is 7.13. The summed E-state index contributed by atoms with van der Waals surface area (Å²) < 4.78 is 21.8. The zero-order valence-corrected chi connectivity index (χ0v) is 10.3. The molecule has 4 N–H and O–H groups in total. The SMILES string of the molecule is CS(=O)(=O)CCC(N)C(=O)NCc1cn[nH]c1. The van der Waals surface area contributed by atoms with E-state index in [0.29, 0.717) is 6.54 Å². The van der Waals surface area contributed by atoms with Crippen LogP contribution in [0.4, 0.5) is 0 Å². The lowest BCUT2D eigenvalue weighted by atomic mass is 10.2. The van der Waals surface area contributed by atoms with E-state index in [-0.39, 0.29) is 18.1 Å². The summed E-state index contributed by atoms with van der Waals surface area (Å²) in [6, 6.07) is -0.809. The zero-order valence-electron chi connectivity index (χ0n) is 9.51. The second kappa shape index (κ2) is 5.78. The van der Waals surface area contributed by atoms with E-state index in [1.165, 1.54) is 0 Å². The van der Waals surface area contributed by atoms with Gasteiger partial charge in [-0.1, -0.05) is 0 Å². The van der Waals surface area contributed by atoms with Gasteiger partial charge < -0.3 is 11.1 Å². The third-order valence-electron chi connectivity index (χ3n) is 2.16. The van der Waals surface area contributed by atoms with E-state index in [0.717, 1.165) is 11.8 Å². The molecule has 1 amide bonds. The molecule has 1 aromatic rings. The molecule has 1 heterocycles. The van der Waals surface area contributed by atoms with Gasteiger partial charge in [0.1, 0.15) is 9.84 Å². The monoisotopic (exact) mass is 260 g/mol. The summed E-state index contributed by atoms with van der Waals surface area (Å²) in [6.45, 7) is 0.321. The fourth-order valence-corrected chi connectivity index (χ4v) is 1.85. The number of aromatic nitrogens is 2. The second-order valence-electron chi connectivity index (χ2n) is 3.85. The second-order valence-corrected chi connectivity index (χ2v) is 6.11. The Bertz CT molecular complexity index is 455. The molecule has 96 valence electrons.